The van der Waals surface area contributed by atoms with Crippen LogP contribution in [-0.4, -0.2) is 175 Å². The summed E-state index contributed by atoms with van der Waals surface area (Å²) < 4.78 is 96.5. The SMILES string of the molecule is COC1C(OP(O)(=S)OCC2OC(n3cnc4c(=O)[nH]c(N)nc43)C(O)C2O)C(COP(=O)(O)OP(=O)(O)OP(=O)(O)OCC2OC(n3c[n+](C)c4c(=O)[nH]c(N)nc43)C(O)C2O)OC1n1cnc2cncnc21. The molecular formula is C32H43N14O23P4S+. The van der Waals surface area contributed by atoms with E-state index in [-0.39, 0.29) is 45.4 Å². The molecule has 16 unspecified atom stereocenters. The normalized spacial score (nSPS) is 30.7. The number of imidazole rings is 3. The van der Waals surface area contributed by atoms with Gasteiger partial charge in [-0.2, -0.15) is 23.2 Å². The Balaban J connectivity index is 0.854. The first-order valence-electron chi connectivity index (χ1n) is 20.9. The highest BCUT2D eigenvalue weighted by atomic mass is 32.5. The fourth-order valence-electron chi connectivity index (χ4n) is 8.20. The van der Waals surface area contributed by atoms with Gasteiger partial charge < -0.3 is 74.9 Å². The summed E-state index contributed by atoms with van der Waals surface area (Å²) in [5.74, 6) is -0.583. The molecule has 0 radical (unpaired) electrons. The molecule has 0 spiro atoms. The lowest BCUT2D eigenvalue weighted by Crippen LogP contribution is -2.37. The molecule has 9 heterocycles. The standard InChI is InChI=1S/C32H42N14O23P4S/c1-43-10-46(25-16(43)27(52)42-32(34)40-25)29-20(50)17(47)12(65-29)4-61-70(53,54)68-72(57,58)69-71(55,56)62-6-14-21(22(60-2)30(66-14)44-8-37-11-3-35-7-36-23(11)44)67-73(59,74)63-5-13-18(48)19(49)28(64-13)45-9-38-15-24(45)39-31(33)41-26(15)51/h3,7-10,12-14,17-22,28-30,47-50H,4-6H2,1-2H3,(H9-,33,34,39,40,41,42,51,52,53,54,55,56,57,58,59,74)/p+1. The number of phosphoric ester groups is 2. The van der Waals surface area contributed by atoms with Gasteiger partial charge in [0.05, 0.1) is 45.7 Å². The number of nitrogens with one attached hydrogen (secondary N) is 2. The summed E-state index contributed by atoms with van der Waals surface area (Å²) in [5, 5.41) is 43.3. The Morgan fingerprint density at radius 2 is 1.24 bits per heavy atom. The topological polar surface area (TPSA) is 519 Å². The highest BCUT2D eigenvalue weighted by Gasteiger charge is 2.53. The second kappa shape index (κ2) is 20.4. The Morgan fingerprint density at radius 3 is 1.88 bits per heavy atom. The molecular weight excluding hydrogens is 1100 g/mol. The molecule has 3 fully saturated rings. The Bertz CT molecular complexity index is 3420. The molecule has 0 aromatic carbocycles. The van der Waals surface area contributed by atoms with Crippen LogP contribution in [0.25, 0.3) is 33.5 Å². The molecule has 9 rings (SSSR count). The van der Waals surface area contributed by atoms with Crippen LogP contribution < -0.4 is 27.2 Å². The van der Waals surface area contributed by atoms with Gasteiger partial charge in [0, 0.05) is 7.11 Å². The maximum atomic E-state index is 13.2. The number of nitrogens with two attached hydrogens (primary N) is 2. The average molecular weight is 1150 g/mol. The highest BCUT2D eigenvalue weighted by Crippen LogP contribution is 2.68. The smallest absolute Gasteiger partial charge is 0.387 e. The molecule has 3 aliphatic heterocycles. The van der Waals surface area contributed by atoms with Crippen molar-refractivity contribution < 1.29 is 104 Å². The third kappa shape index (κ3) is 10.9. The fourth-order valence-corrected chi connectivity index (χ4v) is 13.2. The van der Waals surface area contributed by atoms with Gasteiger partial charge in [0.15, 0.2) is 29.3 Å². The van der Waals surface area contributed by atoms with E-state index in [4.69, 9.17) is 60.3 Å². The Labute approximate surface area is 415 Å². The Kier molecular flexibility index (Phi) is 15.0. The number of hydrogen-bond donors (Lipinski definition) is 12. The molecule has 14 N–H and O–H groups in total. The van der Waals surface area contributed by atoms with Crippen molar-refractivity contribution in [1.82, 2.24) is 53.6 Å². The van der Waals surface area contributed by atoms with Gasteiger partial charge in [-0.25, -0.2) is 38.2 Å². The minimum atomic E-state index is -6.15. The maximum Gasteiger partial charge on any atom is 0.490 e. The number of aliphatic hydroxyl groups excluding tert-OH is 4. The zero-order valence-electron chi connectivity index (χ0n) is 37.5. The average Bonchev–Trinajstić information content (AvgIpc) is 4.16. The number of nitrogens with zero attached hydrogens (tertiary/aromatic N) is 10. The van der Waals surface area contributed by atoms with Gasteiger partial charge in [0.25, 0.3) is 16.7 Å². The summed E-state index contributed by atoms with van der Waals surface area (Å²) in [6.07, 6.45) is -12.9. The molecule has 16 atom stereocenters. The predicted molar refractivity (Wildman–Crippen MR) is 241 cm³/mol. The van der Waals surface area contributed by atoms with E-state index in [1.54, 1.807) is 0 Å². The van der Waals surface area contributed by atoms with Crippen LogP contribution in [0.3, 0.4) is 0 Å². The number of phosphoric acid groups is 3. The molecule has 404 valence electrons. The van der Waals surface area contributed by atoms with E-state index in [9.17, 15) is 63.3 Å². The van der Waals surface area contributed by atoms with Gasteiger partial charge >= 0.3 is 35.7 Å². The number of rotatable bonds is 19. The molecule has 0 saturated carbocycles. The minimum absolute atomic E-state index is 0.0121. The van der Waals surface area contributed by atoms with Crippen LogP contribution in [0.15, 0.2) is 41.1 Å². The lowest BCUT2D eigenvalue weighted by Gasteiger charge is -2.28. The molecule has 0 amide bonds. The summed E-state index contributed by atoms with van der Waals surface area (Å²) >= 11 is 5.28. The minimum Gasteiger partial charge on any atom is -0.387 e. The van der Waals surface area contributed by atoms with Crippen molar-refractivity contribution >= 4 is 87.4 Å². The van der Waals surface area contributed by atoms with Crippen LogP contribution in [0.5, 0.6) is 0 Å². The largest absolute Gasteiger partial charge is 0.490 e. The number of aryl methyl sites for hydroxylation is 1. The van der Waals surface area contributed by atoms with E-state index in [0.29, 0.717) is 0 Å². The van der Waals surface area contributed by atoms with Gasteiger partial charge in [0.2, 0.25) is 24.5 Å². The number of hydrogen-bond acceptors (Lipinski definition) is 28. The predicted octanol–water partition coefficient (Wildman–Crippen LogP) is -4.18. The van der Waals surface area contributed by atoms with Crippen molar-refractivity contribution in [3.8, 4) is 0 Å². The molecule has 0 bridgehead atoms. The van der Waals surface area contributed by atoms with Crippen LogP contribution in [-0.2, 0) is 78.2 Å². The van der Waals surface area contributed by atoms with Crippen molar-refractivity contribution in [2.45, 2.75) is 73.6 Å². The number of H-pyrrole nitrogens is 2. The summed E-state index contributed by atoms with van der Waals surface area (Å²) in [7, 11) is -15.2. The number of aliphatic hydroxyl groups is 4. The zero-order valence-corrected chi connectivity index (χ0v) is 41.9. The van der Waals surface area contributed by atoms with E-state index in [1.807, 2.05) is 0 Å². The number of fused-ring (bicyclic) bond motifs is 3. The van der Waals surface area contributed by atoms with Gasteiger partial charge in [-0.05, 0) is 11.8 Å². The lowest BCUT2D eigenvalue weighted by molar-refractivity contribution is -0.646. The molecule has 42 heteroatoms. The second-order valence-corrected chi connectivity index (χ2v) is 23.7. The van der Waals surface area contributed by atoms with Gasteiger partial charge in [-0.1, -0.05) is 0 Å². The number of aromatic nitrogens is 12. The maximum absolute atomic E-state index is 13.2. The molecule has 3 aliphatic rings. The number of ether oxygens (including phenoxy) is 4. The first-order chi connectivity index (χ1) is 34.8. The van der Waals surface area contributed by atoms with Crippen molar-refractivity contribution in [2.75, 3.05) is 38.4 Å². The number of anilines is 2. The number of nitrogen functional groups attached to an aromatic ring is 2. The highest BCUT2D eigenvalue weighted by molar-refractivity contribution is 8.07. The molecule has 0 aliphatic carbocycles. The summed E-state index contributed by atoms with van der Waals surface area (Å²) in [4.78, 5) is 96.3. The first kappa shape index (κ1) is 54.3. The molecule has 3 saturated heterocycles. The third-order valence-corrected chi connectivity index (χ3v) is 17.2. The van der Waals surface area contributed by atoms with Crippen molar-refractivity contribution in [1.29, 1.82) is 0 Å². The van der Waals surface area contributed by atoms with Crippen LogP contribution in [0.2, 0.25) is 0 Å². The Hall–Kier alpha value is -4.53. The molecule has 6 aromatic heterocycles. The van der Waals surface area contributed by atoms with Crippen LogP contribution >= 0.6 is 30.2 Å². The van der Waals surface area contributed by atoms with E-state index < -0.39 is 135 Å². The fraction of sp³-hybridized carbons (Fsp3) is 0.531. The zero-order chi connectivity index (χ0) is 53.4. The van der Waals surface area contributed by atoms with Crippen molar-refractivity contribution in [3.63, 3.8) is 0 Å². The van der Waals surface area contributed by atoms with E-state index in [0.717, 1.165) is 15.5 Å². The number of aromatic amines is 2. The van der Waals surface area contributed by atoms with Crippen LogP contribution in [0, 0.1) is 0 Å². The van der Waals surface area contributed by atoms with E-state index in [1.165, 1.54) is 48.5 Å². The van der Waals surface area contributed by atoms with Gasteiger partial charge in [0.1, 0.15) is 66.8 Å². The van der Waals surface area contributed by atoms with Crippen LogP contribution in [0.1, 0.15) is 18.7 Å². The van der Waals surface area contributed by atoms with E-state index >= 15 is 0 Å². The summed E-state index contributed by atoms with van der Waals surface area (Å²) in [5.41, 5.74) is 10.0. The molecule has 37 nitrogen and oxygen atoms in total. The summed E-state index contributed by atoms with van der Waals surface area (Å²) in [6, 6.07) is 0. The summed E-state index contributed by atoms with van der Waals surface area (Å²) in [6.45, 7) is -7.62. The quantitative estimate of drug-likeness (QED) is 0.0270. The monoisotopic (exact) mass is 1150 g/mol. The van der Waals surface area contributed by atoms with Gasteiger partial charge in [-0.15, -0.1) is 0 Å². The van der Waals surface area contributed by atoms with E-state index in [2.05, 4.69) is 48.5 Å². The lowest BCUT2D eigenvalue weighted by atomic mass is 10.1. The second-order valence-electron chi connectivity index (χ2n) is 16.3. The van der Waals surface area contributed by atoms with Crippen molar-refractivity contribution in [2.24, 2.45) is 7.05 Å². The molecule has 6 aromatic rings. The third-order valence-electron chi connectivity index (χ3n) is 11.4. The van der Waals surface area contributed by atoms with Crippen LogP contribution in [0.4, 0.5) is 11.9 Å². The van der Waals surface area contributed by atoms with Gasteiger partial charge in [-0.3, -0.25) is 42.3 Å². The first-order valence-corrected chi connectivity index (χ1v) is 28.0. The Morgan fingerprint density at radius 1 is 0.703 bits per heavy atom. The molecule has 74 heavy (non-hydrogen) atoms. The van der Waals surface area contributed by atoms with Crippen molar-refractivity contribution in [3.05, 3.63) is 52.2 Å². The number of methoxy groups -OCH3 is 1.